The summed E-state index contributed by atoms with van der Waals surface area (Å²) in [5, 5.41) is 75.6. The average molecular weight is 899 g/mol. The monoisotopic (exact) mass is 899 g/mol. The molecule has 0 spiro atoms. The Bertz CT molecular complexity index is 1180. The van der Waals surface area contributed by atoms with Crippen LogP contribution in [-0.4, -0.2) is 193 Å². The fourth-order valence-electron chi connectivity index (χ4n) is 6.04. The molecule has 0 aromatic heterocycles. The molecule has 0 amide bonds. The standard InChI is InChI=1S/C34H56N4O14.Gd/c1-2-50-18-19-51-20-21-52-26-8-6-25(7-9-26)4-3-5-27(31(42)43)35-10-12-36(28(22-39)32(44)45)14-16-38(30(24-41)34(48)49)17-15-37(13-11-35)29(23-40)33(46)47;/h6-9,27-30,39-41H,2-5,10-24H2,1H3,(H,42,43)(H,44,45)(H,46,47)(H,48,49);/q;+3/p-3/t27-,28-,29-,30-;/m1./s1. The van der Waals surface area contributed by atoms with E-state index in [1.54, 1.807) is 4.90 Å². The Balaban J connectivity index is 0.0000140. The van der Waals surface area contributed by atoms with Gasteiger partial charge < -0.3 is 64.3 Å². The van der Waals surface area contributed by atoms with Gasteiger partial charge in [0.15, 0.2) is 0 Å². The molecule has 301 valence electrons. The van der Waals surface area contributed by atoms with Crippen LogP contribution >= 0.6 is 0 Å². The minimum Gasteiger partial charge on any atom is -0.548 e. The second-order valence-electron chi connectivity index (χ2n) is 12.2. The van der Waals surface area contributed by atoms with E-state index in [0.717, 1.165) is 5.56 Å². The van der Waals surface area contributed by atoms with Gasteiger partial charge in [-0.05, 0) is 43.9 Å². The fraction of sp³-hybridized carbons (Fsp3) is 0.706. The third-order valence-electron chi connectivity index (χ3n) is 9.02. The SMILES string of the molecule is CCOCCOCCOc1ccc(CCC[C@H](C(=O)O)N2CCN([C@H](CO)C(=O)[O-])CCN([C@H](CO)C(=O)[O-])CCN([C@H](CO)C(=O)[O-])CC2)cc1.[Gd+3]. The van der Waals surface area contributed by atoms with Crippen molar-refractivity contribution in [3.05, 3.63) is 29.8 Å². The van der Waals surface area contributed by atoms with Gasteiger partial charge >= 0.3 is 45.9 Å². The number of carboxylic acid groups (broad SMARTS) is 4. The van der Waals surface area contributed by atoms with Crippen LogP contribution in [0.1, 0.15) is 25.3 Å². The number of benzene rings is 1. The van der Waals surface area contributed by atoms with Gasteiger partial charge in [-0.25, -0.2) is 0 Å². The molecule has 4 N–H and O–H groups in total. The first-order chi connectivity index (χ1) is 25.0. The molecule has 1 fully saturated rings. The van der Waals surface area contributed by atoms with Crippen LogP contribution in [0.3, 0.4) is 0 Å². The summed E-state index contributed by atoms with van der Waals surface area (Å²) in [6.45, 7) is 0.944. The van der Waals surface area contributed by atoms with Crippen LogP contribution in [0.25, 0.3) is 0 Å². The molecule has 0 aliphatic carbocycles. The Labute approximate surface area is 341 Å². The van der Waals surface area contributed by atoms with Gasteiger partial charge in [0.1, 0.15) is 18.4 Å². The second-order valence-corrected chi connectivity index (χ2v) is 12.2. The van der Waals surface area contributed by atoms with E-state index in [9.17, 15) is 54.9 Å². The van der Waals surface area contributed by atoms with E-state index in [0.29, 0.717) is 51.6 Å². The maximum Gasteiger partial charge on any atom is 3.00 e. The minimum absolute atomic E-state index is 0. The molecular weight excluding hydrogens is 846 g/mol. The number of aliphatic hydroxyl groups excluding tert-OH is 3. The number of ether oxygens (including phenoxy) is 3. The molecule has 1 aromatic carbocycles. The molecule has 0 bridgehead atoms. The van der Waals surface area contributed by atoms with Crippen LogP contribution in [-0.2, 0) is 35.1 Å². The van der Waals surface area contributed by atoms with Crippen molar-refractivity contribution in [3.63, 3.8) is 0 Å². The normalized spacial score (nSPS) is 18.0. The Morgan fingerprint density at radius 2 is 1.02 bits per heavy atom. The van der Waals surface area contributed by atoms with Crippen LogP contribution in [0.15, 0.2) is 24.3 Å². The predicted octanol–water partition coefficient (Wildman–Crippen LogP) is -5.55. The minimum atomic E-state index is -1.61. The largest absolute Gasteiger partial charge is 3.00 e. The number of rotatable bonds is 23. The number of aliphatic hydroxyl groups is 3. The van der Waals surface area contributed by atoms with Crippen LogP contribution in [0.4, 0.5) is 0 Å². The van der Waals surface area contributed by atoms with E-state index in [1.807, 2.05) is 31.2 Å². The van der Waals surface area contributed by atoms with Crippen molar-refractivity contribution in [2.45, 2.75) is 50.4 Å². The van der Waals surface area contributed by atoms with Crippen LogP contribution in [0.5, 0.6) is 5.75 Å². The molecule has 1 aromatic rings. The first kappa shape index (κ1) is 48.9. The van der Waals surface area contributed by atoms with E-state index in [4.69, 9.17) is 14.2 Å². The first-order valence-corrected chi connectivity index (χ1v) is 17.5. The third kappa shape index (κ3) is 17.5. The van der Waals surface area contributed by atoms with E-state index in [-0.39, 0.29) is 98.7 Å². The van der Waals surface area contributed by atoms with Crippen LogP contribution in [0, 0.1) is 39.9 Å². The van der Waals surface area contributed by atoms with Crippen LogP contribution < -0.4 is 20.1 Å². The summed E-state index contributed by atoms with van der Waals surface area (Å²) in [7, 11) is 0. The number of nitrogens with zero attached hydrogens (tertiary/aromatic N) is 4. The maximum absolute atomic E-state index is 12.7. The number of carboxylic acids is 4. The molecule has 1 aliphatic rings. The zero-order valence-corrected chi connectivity index (χ0v) is 32.3. The average Bonchev–Trinajstić information content (AvgIpc) is 3.10. The Morgan fingerprint density at radius 1 is 0.642 bits per heavy atom. The zero-order valence-electron chi connectivity index (χ0n) is 30.1. The quantitative estimate of drug-likeness (QED) is 0.0747. The van der Waals surface area contributed by atoms with Gasteiger partial charge in [-0.2, -0.15) is 0 Å². The number of carbonyl (C=O) groups is 4. The van der Waals surface area contributed by atoms with Crippen molar-refractivity contribution < 1.29 is 109 Å². The summed E-state index contributed by atoms with van der Waals surface area (Å²) in [4.78, 5) is 53.9. The van der Waals surface area contributed by atoms with Crippen molar-refractivity contribution >= 4 is 23.9 Å². The number of aryl methyl sites for hydroxylation is 1. The molecule has 1 heterocycles. The van der Waals surface area contributed by atoms with E-state index in [1.165, 1.54) is 14.7 Å². The van der Waals surface area contributed by atoms with Crippen molar-refractivity contribution in [3.8, 4) is 5.75 Å². The summed E-state index contributed by atoms with van der Waals surface area (Å²) in [6.07, 6.45) is 1.16. The third-order valence-corrected chi connectivity index (χ3v) is 9.02. The Kier molecular flexibility index (Phi) is 25.3. The summed E-state index contributed by atoms with van der Waals surface area (Å²) < 4.78 is 16.3. The van der Waals surface area contributed by atoms with Crippen LogP contribution in [0.2, 0.25) is 0 Å². The van der Waals surface area contributed by atoms with Crippen molar-refractivity contribution in [1.82, 2.24) is 19.6 Å². The van der Waals surface area contributed by atoms with Gasteiger partial charge in [0.25, 0.3) is 0 Å². The van der Waals surface area contributed by atoms with Crippen molar-refractivity contribution in [2.24, 2.45) is 0 Å². The molecule has 19 heteroatoms. The molecule has 18 nitrogen and oxygen atoms in total. The van der Waals surface area contributed by atoms with E-state index in [2.05, 4.69) is 0 Å². The van der Waals surface area contributed by atoms with Gasteiger partial charge in [0.2, 0.25) is 0 Å². The molecule has 2 rings (SSSR count). The first-order valence-electron chi connectivity index (χ1n) is 17.5. The van der Waals surface area contributed by atoms with Gasteiger partial charge in [-0.1, -0.05) is 12.1 Å². The number of carbonyl (C=O) groups excluding carboxylic acids is 3. The van der Waals surface area contributed by atoms with Gasteiger partial charge in [0, 0.05) is 59.0 Å². The van der Waals surface area contributed by atoms with Crippen molar-refractivity contribution in [1.29, 1.82) is 0 Å². The summed E-state index contributed by atoms with van der Waals surface area (Å²) in [6, 6.07) is 1.78. The van der Waals surface area contributed by atoms with Crippen molar-refractivity contribution in [2.75, 3.05) is 105 Å². The summed E-state index contributed by atoms with van der Waals surface area (Å²) >= 11 is 0. The Hall–Kier alpha value is -2.14. The van der Waals surface area contributed by atoms with E-state index < -0.39 is 67.9 Å². The smallest absolute Gasteiger partial charge is 0.548 e. The molecule has 4 atom stereocenters. The molecule has 1 aliphatic heterocycles. The maximum atomic E-state index is 12.7. The molecule has 0 saturated carbocycles. The second kappa shape index (κ2) is 27.4. The zero-order chi connectivity index (χ0) is 38.5. The Morgan fingerprint density at radius 3 is 1.38 bits per heavy atom. The molecular formula is C34H53GdN4O14. The number of hydrogen-bond donors (Lipinski definition) is 4. The van der Waals surface area contributed by atoms with E-state index >= 15 is 0 Å². The topological polar surface area (TPSA) is 259 Å². The molecule has 1 saturated heterocycles. The molecule has 0 unspecified atom stereocenters. The summed E-state index contributed by atoms with van der Waals surface area (Å²) in [5.41, 5.74) is 0.942. The molecule has 53 heavy (non-hydrogen) atoms. The van der Waals surface area contributed by atoms with Gasteiger partial charge in [-0.15, -0.1) is 0 Å². The van der Waals surface area contributed by atoms with Gasteiger partial charge in [-0.3, -0.25) is 24.4 Å². The number of aliphatic carboxylic acids is 4. The summed E-state index contributed by atoms with van der Waals surface area (Å²) in [5.74, 6) is -5.29. The molecule has 1 radical (unpaired) electrons. The predicted molar refractivity (Wildman–Crippen MR) is 178 cm³/mol. The fourth-order valence-corrected chi connectivity index (χ4v) is 6.04. The van der Waals surface area contributed by atoms with Gasteiger partial charge in [0.05, 0.1) is 75.7 Å². The number of hydrogen-bond acceptors (Lipinski definition) is 17.